The highest BCUT2D eigenvalue weighted by Crippen LogP contribution is 2.46. The first kappa shape index (κ1) is 82.9. The lowest BCUT2D eigenvalue weighted by Gasteiger charge is -2.18. The van der Waals surface area contributed by atoms with Crippen LogP contribution in [0.5, 0.6) is 0 Å². The monoisotopic (exact) mass is 1580 g/mol. The highest BCUT2D eigenvalue weighted by molar-refractivity contribution is 6.26. The fourth-order valence-corrected chi connectivity index (χ4v) is 21.8. The van der Waals surface area contributed by atoms with Crippen LogP contribution in [0, 0.1) is 0 Å². The number of hydrogen-bond acceptors (Lipinski definition) is 0. The quantitative estimate of drug-likeness (QED) is 0.0265. The molecule has 0 fully saturated rings. The maximum absolute atomic E-state index is 2.67. The summed E-state index contributed by atoms with van der Waals surface area (Å²) in [6.45, 7) is 18.9. The van der Waals surface area contributed by atoms with Crippen molar-refractivity contribution in [2.75, 3.05) is 0 Å². The molecule has 0 unspecified atom stereocenters. The Kier molecular flexibility index (Phi) is 26.8. The molecule has 0 saturated heterocycles. The number of benzene rings is 16. The maximum atomic E-state index is 2.67. The minimum Gasteiger partial charge on any atom is -0.0654 e. The van der Waals surface area contributed by atoms with Crippen LogP contribution in [0.3, 0.4) is 0 Å². The molecule has 0 nitrogen and oxygen atoms in total. The van der Waals surface area contributed by atoms with Gasteiger partial charge in [-0.2, -0.15) is 0 Å². The van der Waals surface area contributed by atoms with Crippen LogP contribution < -0.4 is 0 Å². The van der Waals surface area contributed by atoms with Crippen molar-refractivity contribution >= 4 is 172 Å². The molecule has 30 bridgehead atoms. The molecule has 34 rings (SSSR count). The number of unbranched alkanes of at least 4 members (excludes halogenated alkanes) is 24. The summed E-state index contributed by atoms with van der Waals surface area (Å²) in [6, 6.07) is 82.8. The van der Waals surface area contributed by atoms with Gasteiger partial charge in [0.15, 0.2) is 0 Å². The van der Waals surface area contributed by atoms with Gasteiger partial charge in [-0.05, 0) is 417 Å². The standard InChI is InChI=1S/C120H136/c1-9-17-25-33-41-89-73-119-112-72-88-50-58-98(112)90(42-34-26-18-10-2)74-120(119)111-71-87(49-57-97(89)111)85-55-63-103-109(69-85)95(47-39-31-23-15-7)79-115-101-61-53-83(67-107(101)93(77-117(103)115)45-37-29-21-13-5)81-51-59-99-105(65-81)91(43-35-27-19-11-3)75-114-100-60-52-82(66-106(100)92(76-113(99)114)44-36-28-20-12-4)84-54-62-102-108(68-84)94(46-38-30-22-14-6)78-118-104-64-56-86(88)70-110(104)96(80-116(102)118)48-40-32-24-16-8/h49-80H,9-48H2,1-8H3. The largest absolute Gasteiger partial charge is 0.0654 e. The Morgan fingerprint density at radius 2 is 0.233 bits per heavy atom. The summed E-state index contributed by atoms with van der Waals surface area (Å²) in [4.78, 5) is 0. The van der Waals surface area contributed by atoms with E-state index in [0.717, 1.165) is 51.4 Å². The molecule has 0 atom stereocenters. The molecule has 0 aliphatic heterocycles. The molecule has 0 heterocycles. The fraction of sp³-hybridized carbons (Fsp3) is 0.400. The normalized spacial score (nSPS) is 12.3. The molecular formula is C120H136. The van der Waals surface area contributed by atoms with Crippen LogP contribution in [0.1, 0.15) is 305 Å². The molecule has 0 aliphatic rings. The molecule has 0 saturated carbocycles. The van der Waals surface area contributed by atoms with E-state index in [4.69, 9.17) is 0 Å². The highest BCUT2D eigenvalue weighted by Gasteiger charge is 2.22. The zero-order chi connectivity index (χ0) is 82.0. The van der Waals surface area contributed by atoms with Gasteiger partial charge in [0.05, 0.1) is 0 Å². The topological polar surface area (TPSA) is 0 Å². The Labute approximate surface area is 718 Å². The molecule has 34 aromatic rings. The smallest absolute Gasteiger partial charge is 0.00958 e. The zero-order valence-corrected chi connectivity index (χ0v) is 74.8. The van der Waals surface area contributed by atoms with Crippen LogP contribution in [-0.2, 0) is 51.4 Å². The SMILES string of the molecule is CCCCCCc1cc2c3ccc4cc3c(CCCCCC)cc2c2ccc(cc12)c1ccc2c(c1)c(CCCCCC)cc1c3ccc(cc3c(CCCCCC)cc21)c1ccc2c(CCCCCC)cc3c5cc(ccc5c(CCCCCC)cc3c2c1)c1ccc2c(c1)c(CCCCCC)cc1c3ccc4cc3c(CCCCCC)cc21. The van der Waals surface area contributed by atoms with Crippen molar-refractivity contribution in [2.45, 2.75) is 312 Å². The second kappa shape index (κ2) is 38.8. The van der Waals surface area contributed by atoms with E-state index in [9.17, 15) is 0 Å². The minimum atomic E-state index is 1.08. The first-order chi connectivity index (χ1) is 59.2. The van der Waals surface area contributed by atoms with E-state index in [1.165, 1.54) is 422 Å². The van der Waals surface area contributed by atoms with Crippen LogP contribution in [0.25, 0.3) is 172 Å². The predicted molar refractivity (Wildman–Crippen MR) is 538 cm³/mol. The maximum Gasteiger partial charge on any atom is -0.00958 e. The van der Waals surface area contributed by atoms with Gasteiger partial charge < -0.3 is 0 Å². The first-order valence-electron chi connectivity index (χ1n) is 49.0. The van der Waals surface area contributed by atoms with Crippen LogP contribution in [0.4, 0.5) is 0 Å². The van der Waals surface area contributed by atoms with E-state index >= 15 is 0 Å². The fourth-order valence-electron chi connectivity index (χ4n) is 21.8. The van der Waals surface area contributed by atoms with Crippen LogP contribution in [0.2, 0.25) is 0 Å². The van der Waals surface area contributed by atoms with Crippen molar-refractivity contribution < 1.29 is 0 Å². The molecule has 120 heavy (non-hydrogen) atoms. The summed E-state index contributed by atoms with van der Waals surface area (Å²) in [5.41, 5.74) is 12.0. The molecule has 0 aromatic heterocycles. The molecule has 0 amide bonds. The third kappa shape index (κ3) is 17.2. The van der Waals surface area contributed by atoms with Crippen molar-refractivity contribution in [2.24, 2.45) is 0 Å². The van der Waals surface area contributed by atoms with Gasteiger partial charge in [-0.3, -0.25) is 0 Å². The summed E-state index contributed by atoms with van der Waals surface area (Å²) in [5.74, 6) is 0. The Hall–Kier alpha value is -9.36. The average Bonchev–Trinajstić information content (AvgIpc) is 0.736. The molecule has 0 spiro atoms. The molecule has 34 aromatic carbocycles. The van der Waals surface area contributed by atoms with Crippen LogP contribution in [0.15, 0.2) is 194 Å². The minimum absolute atomic E-state index is 1.08. The van der Waals surface area contributed by atoms with Gasteiger partial charge in [0, 0.05) is 0 Å². The van der Waals surface area contributed by atoms with Gasteiger partial charge in [-0.15, -0.1) is 0 Å². The Balaban J connectivity index is 0.980. The second-order valence-electron chi connectivity index (χ2n) is 37.2. The van der Waals surface area contributed by atoms with Crippen molar-refractivity contribution in [3.8, 4) is 0 Å². The zero-order valence-electron chi connectivity index (χ0n) is 74.8. The lowest BCUT2D eigenvalue weighted by molar-refractivity contribution is 0.668. The lowest BCUT2D eigenvalue weighted by atomic mass is 9.86. The molecule has 0 N–H and O–H groups in total. The third-order valence-corrected chi connectivity index (χ3v) is 28.7. The van der Waals surface area contributed by atoms with E-state index in [1.54, 1.807) is 0 Å². The first-order valence-corrected chi connectivity index (χ1v) is 49.0. The summed E-state index contributed by atoms with van der Waals surface area (Å²) in [5, 5.41) is 44.6. The average molecular weight is 1580 g/mol. The van der Waals surface area contributed by atoms with Gasteiger partial charge in [-0.25, -0.2) is 0 Å². The van der Waals surface area contributed by atoms with Gasteiger partial charge in [0.2, 0.25) is 0 Å². The summed E-state index contributed by atoms with van der Waals surface area (Å²) in [7, 11) is 0. The predicted octanol–water partition coefficient (Wildman–Crippen LogP) is 37.7. The molecular weight excluding hydrogens is 1440 g/mol. The van der Waals surface area contributed by atoms with Crippen LogP contribution >= 0.6 is 0 Å². The molecule has 0 aliphatic carbocycles. The van der Waals surface area contributed by atoms with Gasteiger partial charge in [0.1, 0.15) is 0 Å². The van der Waals surface area contributed by atoms with Crippen molar-refractivity contribution in [3.05, 3.63) is 239 Å². The Morgan fingerprint density at radius 3 is 0.392 bits per heavy atom. The number of aryl methyl sites for hydroxylation is 8. The molecule has 0 heteroatoms. The second-order valence-corrected chi connectivity index (χ2v) is 37.2. The van der Waals surface area contributed by atoms with Crippen molar-refractivity contribution in [1.29, 1.82) is 0 Å². The molecule has 616 valence electrons. The summed E-state index contributed by atoms with van der Waals surface area (Å²) in [6.07, 6.45) is 48.4. The lowest BCUT2D eigenvalue weighted by Crippen LogP contribution is -1.95. The van der Waals surface area contributed by atoms with E-state index < -0.39 is 0 Å². The van der Waals surface area contributed by atoms with E-state index in [2.05, 4.69) is 250 Å². The Bertz CT molecular complexity index is 6250. The summed E-state index contributed by atoms with van der Waals surface area (Å²) >= 11 is 0. The third-order valence-electron chi connectivity index (χ3n) is 28.7. The molecule has 0 radical (unpaired) electrons. The van der Waals surface area contributed by atoms with E-state index in [0.29, 0.717) is 0 Å². The van der Waals surface area contributed by atoms with Crippen molar-refractivity contribution in [3.63, 3.8) is 0 Å². The van der Waals surface area contributed by atoms with Crippen LogP contribution in [-0.4, -0.2) is 0 Å². The van der Waals surface area contributed by atoms with E-state index in [-0.39, 0.29) is 0 Å². The van der Waals surface area contributed by atoms with Gasteiger partial charge >= 0.3 is 0 Å². The van der Waals surface area contributed by atoms with E-state index in [1.807, 2.05) is 0 Å². The van der Waals surface area contributed by atoms with Gasteiger partial charge in [-0.1, -0.05) is 307 Å². The number of hydrogen-bond donors (Lipinski definition) is 0. The van der Waals surface area contributed by atoms with Crippen molar-refractivity contribution in [1.82, 2.24) is 0 Å². The Morgan fingerprint density at radius 1 is 0.108 bits per heavy atom. The number of rotatable bonds is 40. The summed E-state index contributed by atoms with van der Waals surface area (Å²) < 4.78 is 0. The highest BCUT2D eigenvalue weighted by atomic mass is 14.3. The van der Waals surface area contributed by atoms with Gasteiger partial charge in [0.25, 0.3) is 0 Å².